The summed E-state index contributed by atoms with van der Waals surface area (Å²) in [6.45, 7) is 2.20. The monoisotopic (exact) mass is 510 g/mol. The molecule has 1 aromatic heterocycles. The maximum absolute atomic E-state index is 12.9. The molecule has 4 aromatic rings. The van der Waals surface area contributed by atoms with Crippen LogP contribution in [0.25, 0.3) is 16.5 Å². The van der Waals surface area contributed by atoms with Crippen molar-refractivity contribution in [3.63, 3.8) is 0 Å². The topological polar surface area (TPSA) is 65.1 Å². The van der Waals surface area contributed by atoms with Crippen molar-refractivity contribution in [3.8, 4) is 5.69 Å². The third-order valence-corrected chi connectivity index (χ3v) is 5.78. The van der Waals surface area contributed by atoms with Gasteiger partial charge in [-0.3, -0.25) is 14.2 Å². The van der Waals surface area contributed by atoms with E-state index in [4.69, 9.17) is 17.3 Å². The van der Waals surface area contributed by atoms with Gasteiger partial charge in [-0.1, -0.05) is 95.5 Å². The lowest BCUT2D eigenvalue weighted by Gasteiger charge is -2.17. The lowest BCUT2D eigenvalue weighted by atomic mass is 10.0. The summed E-state index contributed by atoms with van der Waals surface area (Å²) < 4.78 is 1.48. The fourth-order valence-corrected chi connectivity index (χ4v) is 4.34. The van der Waals surface area contributed by atoms with E-state index in [2.05, 4.69) is 53.2 Å². The molecular formula is C26H24BrClN2O2. The maximum Gasteiger partial charge on any atom is 0.263 e. The minimum atomic E-state index is -0.577. The molecule has 0 saturated carbocycles. The van der Waals surface area contributed by atoms with Crippen molar-refractivity contribution in [2.24, 2.45) is 5.73 Å². The van der Waals surface area contributed by atoms with E-state index in [9.17, 15) is 9.59 Å². The summed E-state index contributed by atoms with van der Waals surface area (Å²) in [5.41, 5.74) is 8.23. The first-order valence-corrected chi connectivity index (χ1v) is 11.8. The average molecular weight is 512 g/mol. The molecule has 0 atom stereocenters. The van der Waals surface area contributed by atoms with Gasteiger partial charge in [-0.05, 0) is 36.2 Å². The molecule has 4 nitrogen and oxygen atoms in total. The molecular weight excluding hydrogens is 488 g/mol. The van der Waals surface area contributed by atoms with Crippen LogP contribution in [0.4, 0.5) is 0 Å². The van der Waals surface area contributed by atoms with Crippen LogP contribution in [0.1, 0.15) is 35.0 Å². The van der Waals surface area contributed by atoms with Crippen LogP contribution in [-0.4, -0.2) is 10.5 Å². The minimum Gasteiger partial charge on any atom is -0.366 e. The number of aryl methyl sites for hydroxylation is 1. The van der Waals surface area contributed by atoms with Crippen LogP contribution in [0.2, 0.25) is 5.02 Å². The quantitative estimate of drug-likeness (QED) is 0.321. The zero-order valence-corrected chi connectivity index (χ0v) is 20.1. The number of primary amides is 1. The van der Waals surface area contributed by atoms with E-state index in [0.29, 0.717) is 38.1 Å². The largest absolute Gasteiger partial charge is 0.366 e. The number of amides is 1. The van der Waals surface area contributed by atoms with Gasteiger partial charge in [0.15, 0.2) is 0 Å². The third-order valence-electron chi connectivity index (χ3n) is 5.01. The smallest absolute Gasteiger partial charge is 0.263 e. The van der Waals surface area contributed by atoms with Crippen molar-refractivity contribution >= 4 is 44.2 Å². The lowest BCUT2D eigenvalue weighted by Crippen LogP contribution is -2.27. The molecule has 0 spiro atoms. The van der Waals surface area contributed by atoms with E-state index in [1.807, 2.05) is 0 Å². The molecule has 4 rings (SSSR count). The molecule has 0 aliphatic rings. The zero-order valence-electron chi connectivity index (χ0n) is 17.7. The minimum absolute atomic E-state index is 0.220. The molecule has 0 bridgehead atoms. The fraction of sp³-hybridized carbons (Fsp3) is 0.154. The number of carbonyl (C=O) groups is 1. The van der Waals surface area contributed by atoms with Crippen LogP contribution in [0, 0.1) is 0 Å². The number of aromatic nitrogens is 1. The number of carbonyl (C=O) groups excluding carboxylic acids is 1. The van der Waals surface area contributed by atoms with E-state index >= 15 is 0 Å². The first kappa shape index (κ1) is 23.8. The average Bonchev–Trinajstić information content (AvgIpc) is 2.80. The predicted molar refractivity (Wildman–Crippen MR) is 136 cm³/mol. The lowest BCUT2D eigenvalue weighted by molar-refractivity contribution is 0.100. The number of halogens is 2. The number of pyridine rings is 1. The predicted octanol–water partition coefficient (Wildman–Crippen LogP) is 6.28. The summed E-state index contributed by atoms with van der Waals surface area (Å²) in [5, 5.41) is 1.80. The summed E-state index contributed by atoms with van der Waals surface area (Å²) in [6, 6.07) is 24.4. The molecule has 164 valence electrons. The highest BCUT2D eigenvalue weighted by molar-refractivity contribution is 9.08. The van der Waals surface area contributed by atoms with Gasteiger partial charge in [0.25, 0.3) is 11.5 Å². The number of rotatable bonds is 5. The van der Waals surface area contributed by atoms with Crippen LogP contribution >= 0.6 is 27.5 Å². The fourth-order valence-electron chi connectivity index (χ4n) is 3.62. The second-order valence-corrected chi connectivity index (χ2v) is 8.22. The Morgan fingerprint density at radius 1 is 0.969 bits per heavy atom. The van der Waals surface area contributed by atoms with Gasteiger partial charge >= 0.3 is 0 Å². The Kier molecular flexibility index (Phi) is 8.26. The second-order valence-electron chi connectivity index (χ2n) is 7.22. The van der Waals surface area contributed by atoms with Gasteiger partial charge in [0.2, 0.25) is 0 Å². The molecule has 2 N–H and O–H groups in total. The number of nitrogens with two attached hydrogens (primary N) is 1. The van der Waals surface area contributed by atoms with E-state index in [1.54, 1.807) is 48.5 Å². The highest BCUT2D eigenvalue weighted by atomic mass is 79.9. The number of benzene rings is 3. The third kappa shape index (κ3) is 5.29. The molecule has 6 heteroatoms. The SMILES string of the molecule is CCCc1ccccc1.NC(=O)c1c(CBr)n(-c2cccc(Cl)c2)c(=O)c2ccccc12. The van der Waals surface area contributed by atoms with Gasteiger partial charge in [0.05, 0.1) is 16.9 Å². The van der Waals surface area contributed by atoms with E-state index < -0.39 is 5.91 Å². The molecule has 0 unspecified atom stereocenters. The highest BCUT2D eigenvalue weighted by Gasteiger charge is 2.20. The van der Waals surface area contributed by atoms with Crippen LogP contribution < -0.4 is 11.3 Å². The molecule has 0 radical (unpaired) electrons. The molecule has 0 fully saturated rings. The Morgan fingerprint density at radius 2 is 1.62 bits per heavy atom. The van der Waals surface area contributed by atoms with Gasteiger partial charge in [-0.25, -0.2) is 0 Å². The first-order chi connectivity index (χ1) is 15.5. The number of nitrogens with zero attached hydrogens (tertiary/aromatic N) is 1. The summed E-state index contributed by atoms with van der Waals surface area (Å²) in [5.74, 6) is -0.577. The van der Waals surface area contributed by atoms with Gasteiger partial charge in [0, 0.05) is 21.1 Å². The van der Waals surface area contributed by atoms with E-state index in [1.165, 1.54) is 23.0 Å². The standard InChI is InChI=1S/C17H12BrClN2O2.C9H12/c18-9-14-15(16(20)22)12-6-1-2-7-13(12)17(23)21(14)11-5-3-4-10(19)8-11;1-2-6-9-7-4-3-5-8-9/h1-8H,9H2,(H2,20,22);3-5,7-8H,2,6H2,1H3. The second kappa shape index (κ2) is 11.1. The van der Waals surface area contributed by atoms with Crippen LogP contribution in [0.15, 0.2) is 83.7 Å². The molecule has 0 aliphatic heterocycles. The Hall–Kier alpha value is -2.89. The van der Waals surface area contributed by atoms with Gasteiger partial charge in [-0.2, -0.15) is 0 Å². The summed E-state index contributed by atoms with van der Waals surface area (Å²) in [4.78, 5) is 25.0. The Balaban J connectivity index is 0.000000269. The highest BCUT2D eigenvalue weighted by Crippen LogP contribution is 2.25. The van der Waals surface area contributed by atoms with Crippen molar-refractivity contribution in [1.82, 2.24) is 4.57 Å². The van der Waals surface area contributed by atoms with Gasteiger partial charge < -0.3 is 5.73 Å². The molecule has 0 saturated heterocycles. The van der Waals surface area contributed by atoms with Crippen LogP contribution in [-0.2, 0) is 11.8 Å². The zero-order chi connectivity index (χ0) is 23.1. The first-order valence-electron chi connectivity index (χ1n) is 10.3. The number of hydrogen-bond acceptors (Lipinski definition) is 2. The number of alkyl halides is 1. The Labute approximate surface area is 200 Å². The normalized spacial score (nSPS) is 10.5. The van der Waals surface area contributed by atoms with Crippen molar-refractivity contribution in [1.29, 1.82) is 0 Å². The van der Waals surface area contributed by atoms with Crippen molar-refractivity contribution in [2.45, 2.75) is 25.1 Å². The molecule has 3 aromatic carbocycles. The number of hydrogen-bond donors (Lipinski definition) is 1. The Morgan fingerprint density at radius 3 is 2.22 bits per heavy atom. The Bertz CT molecular complexity index is 1290. The van der Waals surface area contributed by atoms with Gasteiger partial charge in [-0.15, -0.1) is 0 Å². The summed E-state index contributed by atoms with van der Waals surface area (Å²) >= 11 is 9.41. The summed E-state index contributed by atoms with van der Waals surface area (Å²) in [7, 11) is 0. The van der Waals surface area contributed by atoms with Crippen molar-refractivity contribution in [3.05, 3.63) is 111 Å². The van der Waals surface area contributed by atoms with E-state index in [0.717, 1.165) is 0 Å². The maximum atomic E-state index is 12.9. The number of fused-ring (bicyclic) bond motifs is 1. The van der Waals surface area contributed by atoms with Crippen molar-refractivity contribution in [2.75, 3.05) is 0 Å². The summed E-state index contributed by atoms with van der Waals surface area (Å²) in [6.07, 6.45) is 2.45. The molecule has 0 aliphatic carbocycles. The van der Waals surface area contributed by atoms with Crippen LogP contribution in [0.3, 0.4) is 0 Å². The van der Waals surface area contributed by atoms with Crippen molar-refractivity contribution < 1.29 is 4.79 Å². The van der Waals surface area contributed by atoms with Crippen LogP contribution in [0.5, 0.6) is 0 Å². The molecule has 1 heterocycles. The molecule has 1 amide bonds. The van der Waals surface area contributed by atoms with E-state index in [-0.39, 0.29) is 5.56 Å². The van der Waals surface area contributed by atoms with Gasteiger partial charge in [0.1, 0.15) is 0 Å². The molecule has 32 heavy (non-hydrogen) atoms.